The van der Waals surface area contributed by atoms with E-state index in [1.807, 2.05) is 0 Å². The summed E-state index contributed by atoms with van der Waals surface area (Å²) in [5.41, 5.74) is -0.0638. The Morgan fingerprint density at radius 1 is 1.67 bits per heavy atom. The van der Waals surface area contributed by atoms with E-state index >= 15 is 0 Å². The van der Waals surface area contributed by atoms with Gasteiger partial charge in [-0.1, -0.05) is 0 Å². The van der Waals surface area contributed by atoms with E-state index in [2.05, 4.69) is 4.74 Å². The van der Waals surface area contributed by atoms with Crippen LogP contribution in [0.25, 0.3) is 0 Å². The molecule has 5 heteroatoms. The highest BCUT2D eigenvalue weighted by atomic mass is 16.5. The first-order valence-electron chi connectivity index (χ1n) is 4.33. The summed E-state index contributed by atoms with van der Waals surface area (Å²) in [6, 6.07) is 1.73. The van der Waals surface area contributed by atoms with Crippen LogP contribution >= 0.6 is 0 Å². The summed E-state index contributed by atoms with van der Waals surface area (Å²) in [5.74, 6) is -0.660. The van der Waals surface area contributed by atoms with Crippen LogP contribution in [0.15, 0.2) is 23.9 Å². The molecule has 0 fully saturated rings. The van der Waals surface area contributed by atoms with Gasteiger partial charge in [-0.3, -0.25) is 0 Å². The molecule has 0 rings (SSSR count). The zero-order valence-corrected chi connectivity index (χ0v) is 8.80. The minimum atomic E-state index is -0.660. The van der Waals surface area contributed by atoms with Crippen LogP contribution in [0.4, 0.5) is 0 Å². The third kappa shape index (κ3) is 5.49. The van der Waals surface area contributed by atoms with E-state index in [-0.39, 0.29) is 12.2 Å². The van der Waals surface area contributed by atoms with Crippen molar-refractivity contribution >= 4 is 5.97 Å². The predicted octanol–water partition coefficient (Wildman–Crippen LogP) is 0.0472. The van der Waals surface area contributed by atoms with E-state index in [0.29, 0.717) is 6.54 Å². The van der Waals surface area contributed by atoms with E-state index in [1.54, 1.807) is 30.3 Å². The molecule has 0 saturated carbocycles. The second kappa shape index (κ2) is 7.59. The van der Waals surface area contributed by atoms with Crippen molar-refractivity contribution in [2.24, 2.45) is 0 Å². The maximum absolute atomic E-state index is 10.9. The van der Waals surface area contributed by atoms with Crippen LogP contribution in [0.5, 0.6) is 0 Å². The number of nitrogens with zero attached hydrogens (tertiary/aromatic N) is 2. The lowest BCUT2D eigenvalue weighted by Crippen LogP contribution is -2.14. The summed E-state index contributed by atoms with van der Waals surface area (Å²) in [4.78, 5) is 12.7. The molecule has 0 unspecified atom stereocenters. The van der Waals surface area contributed by atoms with E-state index in [1.165, 1.54) is 13.2 Å². The van der Waals surface area contributed by atoms with E-state index in [0.717, 1.165) is 0 Å². The number of rotatable bonds is 5. The molecule has 15 heavy (non-hydrogen) atoms. The number of nitriles is 1. The molecule has 0 bridgehead atoms. The predicted molar refractivity (Wildman–Crippen MR) is 54.6 cm³/mol. The molecule has 0 radical (unpaired) electrons. The number of methoxy groups -OCH3 is 1. The smallest absolute Gasteiger partial charge is 0.348 e. The van der Waals surface area contributed by atoms with E-state index < -0.39 is 5.97 Å². The Balaban J connectivity index is 4.36. The molecule has 5 nitrogen and oxygen atoms in total. The van der Waals surface area contributed by atoms with Gasteiger partial charge in [0.15, 0.2) is 0 Å². The van der Waals surface area contributed by atoms with Crippen molar-refractivity contribution in [1.82, 2.24) is 4.90 Å². The molecule has 0 aromatic carbocycles. The van der Waals surface area contributed by atoms with E-state index in [4.69, 9.17) is 10.4 Å². The normalized spacial score (nSPS) is 11.2. The Bertz CT molecular complexity index is 302. The third-order valence-electron chi connectivity index (χ3n) is 1.58. The lowest BCUT2D eigenvalue weighted by Gasteiger charge is -2.09. The highest BCUT2D eigenvalue weighted by Crippen LogP contribution is 1.96. The van der Waals surface area contributed by atoms with Crippen molar-refractivity contribution in [2.75, 3.05) is 27.3 Å². The maximum atomic E-state index is 10.9. The molecule has 0 atom stereocenters. The van der Waals surface area contributed by atoms with Crippen molar-refractivity contribution in [3.05, 3.63) is 23.9 Å². The van der Waals surface area contributed by atoms with Gasteiger partial charge in [-0.2, -0.15) is 5.26 Å². The molecule has 0 aliphatic carbocycles. The Kier molecular flexibility index (Phi) is 6.68. The second-order valence-electron chi connectivity index (χ2n) is 2.73. The lowest BCUT2D eigenvalue weighted by atomic mass is 10.3. The molecule has 0 aromatic heterocycles. The summed E-state index contributed by atoms with van der Waals surface area (Å²) in [7, 11) is 2.99. The Morgan fingerprint density at radius 2 is 2.33 bits per heavy atom. The summed E-state index contributed by atoms with van der Waals surface area (Å²) in [6.07, 6.45) is 4.56. The van der Waals surface area contributed by atoms with Crippen LogP contribution in [-0.2, 0) is 9.53 Å². The average molecular weight is 210 g/mol. The first-order chi connectivity index (χ1) is 7.15. The van der Waals surface area contributed by atoms with Crippen molar-refractivity contribution in [1.29, 1.82) is 5.26 Å². The number of hydrogen-bond acceptors (Lipinski definition) is 5. The van der Waals surface area contributed by atoms with Gasteiger partial charge in [0, 0.05) is 13.6 Å². The van der Waals surface area contributed by atoms with Crippen molar-refractivity contribution in [2.45, 2.75) is 0 Å². The van der Waals surface area contributed by atoms with Crippen LogP contribution < -0.4 is 0 Å². The maximum Gasteiger partial charge on any atom is 0.348 e. The molecule has 0 amide bonds. The Hall–Kier alpha value is -1.80. The second-order valence-corrected chi connectivity index (χ2v) is 2.73. The molecule has 1 N–H and O–H groups in total. The number of aliphatic hydroxyl groups excluding tert-OH is 1. The van der Waals surface area contributed by atoms with Crippen LogP contribution in [-0.4, -0.2) is 43.3 Å². The van der Waals surface area contributed by atoms with Gasteiger partial charge in [-0.25, -0.2) is 4.79 Å². The number of aliphatic hydroxyl groups is 1. The van der Waals surface area contributed by atoms with Crippen molar-refractivity contribution in [3.63, 3.8) is 0 Å². The number of hydrogen-bond donors (Lipinski definition) is 1. The summed E-state index contributed by atoms with van der Waals surface area (Å²) >= 11 is 0. The van der Waals surface area contributed by atoms with Gasteiger partial charge in [-0.05, 0) is 18.4 Å². The highest BCUT2D eigenvalue weighted by molar-refractivity contribution is 5.92. The molecule has 0 saturated heterocycles. The lowest BCUT2D eigenvalue weighted by molar-refractivity contribution is -0.135. The first kappa shape index (κ1) is 13.2. The number of carbonyl (C=O) groups is 1. The largest absolute Gasteiger partial charge is 0.465 e. The molecule has 0 aromatic rings. The number of ether oxygens (including phenoxy) is 1. The van der Waals surface area contributed by atoms with Crippen LogP contribution in [0.2, 0.25) is 0 Å². The quantitative estimate of drug-likeness (QED) is 0.300. The SMILES string of the molecule is COC(=O)C(C#N)=CC=CN(C)CCO. The summed E-state index contributed by atoms with van der Waals surface area (Å²) in [5, 5.41) is 17.2. The van der Waals surface area contributed by atoms with E-state index in [9.17, 15) is 4.79 Å². The zero-order valence-electron chi connectivity index (χ0n) is 8.80. The van der Waals surface area contributed by atoms with Gasteiger partial charge in [0.05, 0.1) is 13.7 Å². The first-order valence-corrected chi connectivity index (χ1v) is 4.33. The molecular formula is C10H14N2O3. The molecule has 0 aliphatic rings. The fourth-order valence-corrected chi connectivity index (χ4v) is 0.779. The zero-order chi connectivity index (χ0) is 11.7. The Labute approximate surface area is 88.9 Å². The average Bonchev–Trinajstić information content (AvgIpc) is 2.24. The minimum absolute atomic E-state index is 0.0483. The summed E-state index contributed by atoms with van der Waals surface area (Å²) in [6.45, 7) is 0.539. The third-order valence-corrected chi connectivity index (χ3v) is 1.58. The molecule has 82 valence electrons. The van der Waals surface area contributed by atoms with Crippen LogP contribution in [0, 0.1) is 11.3 Å². The molecule has 0 spiro atoms. The standard InChI is InChI=1S/C10H14N2O3/c1-12(6-7-13)5-3-4-9(8-11)10(14)15-2/h3-5,13H,6-7H2,1-2H3. The van der Waals surface area contributed by atoms with Gasteiger partial charge < -0.3 is 14.7 Å². The molecule has 0 aliphatic heterocycles. The minimum Gasteiger partial charge on any atom is -0.465 e. The highest BCUT2D eigenvalue weighted by Gasteiger charge is 2.05. The van der Waals surface area contributed by atoms with Crippen LogP contribution in [0.3, 0.4) is 0 Å². The van der Waals surface area contributed by atoms with Gasteiger partial charge in [0.2, 0.25) is 0 Å². The molecule has 0 heterocycles. The number of carbonyl (C=O) groups excluding carboxylic acids is 1. The van der Waals surface area contributed by atoms with Gasteiger partial charge in [0.1, 0.15) is 11.6 Å². The number of allylic oxidation sites excluding steroid dienone is 2. The number of likely N-dealkylation sites (N-methyl/N-ethyl adjacent to an activating group) is 1. The fraction of sp³-hybridized carbons (Fsp3) is 0.400. The topological polar surface area (TPSA) is 73.6 Å². The van der Waals surface area contributed by atoms with Gasteiger partial charge in [-0.15, -0.1) is 0 Å². The summed E-state index contributed by atoms with van der Waals surface area (Å²) < 4.78 is 4.39. The number of esters is 1. The monoisotopic (exact) mass is 210 g/mol. The Morgan fingerprint density at radius 3 is 2.80 bits per heavy atom. The van der Waals surface area contributed by atoms with Gasteiger partial charge in [0.25, 0.3) is 0 Å². The molecular weight excluding hydrogens is 196 g/mol. The van der Waals surface area contributed by atoms with Crippen LogP contribution in [0.1, 0.15) is 0 Å². The fourth-order valence-electron chi connectivity index (χ4n) is 0.779. The van der Waals surface area contributed by atoms with Crippen molar-refractivity contribution in [3.8, 4) is 6.07 Å². The van der Waals surface area contributed by atoms with Gasteiger partial charge >= 0.3 is 5.97 Å². The van der Waals surface area contributed by atoms with Crippen molar-refractivity contribution < 1.29 is 14.6 Å².